The molecule has 0 aliphatic carbocycles. The summed E-state index contributed by atoms with van der Waals surface area (Å²) in [6, 6.07) is 9.52. The molecule has 0 aromatic heterocycles. The smallest absolute Gasteiger partial charge is 0.119 e. The summed E-state index contributed by atoms with van der Waals surface area (Å²) in [5.41, 5.74) is 1.25. The van der Waals surface area contributed by atoms with E-state index in [2.05, 4.69) is 56.1 Å². The molecule has 2 unspecified atom stereocenters. The molecule has 1 saturated heterocycles. The van der Waals surface area contributed by atoms with Crippen LogP contribution < -0.4 is 10.1 Å². The second kappa shape index (κ2) is 7.81. The fourth-order valence-electron chi connectivity index (χ4n) is 3.07. The highest BCUT2D eigenvalue weighted by atomic mass is 16.5. The van der Waals surface area contributed by atoms with Gasteiger partial charge in [-0.25, -0.2) is 0 Å². The maximum atomic E-state index is 5.92. The standard InChI is InChI=1S/C18H30N2O/c1-14(2)10-17-12-19-16(4)13-20(17)8-9-21-18-7-5-6-15(3)11-18/h5-7,11,14,16-17,19H,8-10,12-13H2,1-4H3. The molecule has 0 amide bonds. The van der Waals surface area contributed by atoms with E-state index in [1.807, 2.05) is 6.07 Å². The number of nitrogens with one attached hydrogen (secondary N) is 1. The molecule has 1 heterocycles. The van der Waals surface area contributed by atoms with Crippen molar-refractivity contribution >= 4 is 0 Å². The van der Waals surface area contributed by atoms with E-state index in [0.29, 0.717) is 12.1 Å². The number of rotatable bonds is 6. The molecule has 2 rings (SSSR count). The van der Waals surface area contributed by atoms with Crippen LogP contribution in [0.15, 0.2) is 24.3 Å². The van der Waals surface area contributed by atoms with Crippen LogP contribution in [0.25, 0.3) is 0 Å². The van der Waals surface area contributed by atoms with Gasteiger partial charge < -0.3 is 10.1 Å². The third-order valence-electron chi connectivity index (χ3n) is 4.11. The number of benzene rings is 1. The van der Waals surface area contributed by atoms with E-state index in [0.717, 1.165) is 37.9 Å². The SMILES string of the molecule is Cc1cccc(OCCN2CC(C)NCC2CC(C)C)c1. The van der Waals surface area contributed by atoms with E-state index in [-0.39, 0.29) is 0 Å². The summed E-state index contributed by atoms with van der Waals surface area (Å²) in [5, 5.41) is 3.60. The van der Waals surface area contributed by atoms with Crippen LogP contribution >= 0.6 is 0 Å². The summed E-state index contributed by atoms with van der Waals surface area (Å²) in [6.07, 6.45) is 1.25. The Hall–Kier alpha value is -1.06. The first-order chi connectivity index (χ1) is 10.0. The number of aryl methyl sites for hydroxylation is 1. The lowest BCUT2D eigenvalue weighted by Crippen LogP contribution is -2.56. The van der Waals surface area contributed by atoms with Gasteiger partial charge in [-0.1, -0.05) is 26.0 Å². The number of hydrogen-bond donors (Lipinski definition) is 1. The van der Waals surface area contributed by atoms with Crippen LogP contribution in [0.4, 0.5) is 0 Å². The molecular weight excluding hydrogens is 260 g/mol. The Morgan fingerprint density at radius 3 is 2.90 bits per heavy atom. The van der Waals surface area contributed by atoms with Crippen molar-refractivity contribution in [3.8, 4) is 5.75 Å². The Morgan fingerprint density at radius 1 is 1.38 bits per heavy atom. The fourth-order valence-corrected chi connectivity index (χ4v) is 3.07. The first-order valence-electron chi connectivity index (χ1n) is 8.21. The van der Waals surface area contributed by atoms with Gasteiger partial charge in [0.05, 0.1) is 0 Å². The van der Waals surface area contributed by atoms with E-state index < -0.39 is 0 Å². The largest absolute Gasteiger partial charge is 0.492 e. The zero-order valence-corrected chi connectivity index (χ0v) is 13.9. The Labute approximate surface area is 129 Å². The first kappa shape index (κ1) is 16.3. The summed E-state index contributed by atoms with van der Waals surface area (Å²) in [4.78, 5) is 2.59. The van der Waals surface area contributed by atoms with Gasteiger partial charge >= 0.3 is 0 Å². The minimum Gasteiger partial charge on any atom is -0.492 e. The minimum atomic E-state index is 0.576. The second-order valence-corrected chi connectivity index (χ2v) is 6.75. The van der Waals surface area contributed by atoms with Gasteiger partial charge in [0.25, 0.3) is 0 Å². The van der Waals surface area contributed by atoms with Gasteiger partial charge in [0, 0.05) is 31.7 Å². The number of hydrogen-bond acceptors (Lipinski definition) is 3. The lowest BCUT2D eigenvalue weighted by molar-refractivity contribution is 0.1000. The number of nitrogens with zero attached hydrogens (tertiary/aromatic N) is 1. The van der Waals surface area contributed by atoms with Crippen LogP contribution in [0.3, 0.4) is 0 Å². The van der Waals surface area contributed by atoms with E-state index in [1.54, 1.807) is 0 Å². The molecule has 1 aromatic rings. The average Bonchev–Trinajstić information content (AvgIpc) is 2.41. The summed E-state index contributed by atoms with van der Waals surface area (Å²) in [6.45, 7) is 13.0. The summed E-state index contributed by atoms with van der Waals surface area (Å²) < 4.78 is 5.92. The van der Waals surface area contributed by atoms with Crippen LogP contribution in [0.2, 0.25) is 0 Å². The molecular formula is C18H30N2O. The molecule has 1 aliphatic heterocycles. The van der Waals surface area contributed by atoms with Crippen LogP contribution in [0.5, 0.6) is 5.75 Å². The Balaban J connectivity index is 1.83. The Morgan fingerprint density at radius 2 is 2.19 bits per heavy atom. The molecule has 1 aliphatic rings. The van der Waals surface area contributed by atoms with E-state index in [4.69, 9.17) is 4.74 Å². The van der Waals surface area contributed by atoms with E-state index in [9.17, 15) is 0 Å². The Kier molecular flexibility index (Phi) is 6.07. The van der Waals surface area contributed by atoms with E-state index >= 15 is 0 Å². The van der Waals surface area contributed by atoms with Crippen LogP contribution in [-0.2, 0) is 0 Å². The van der Waals surface area contributed by atoms with Crippen molar-refractivity contribution < 1.29 is 4.74 Å². The highest BCUT2D eigenvalue weighted by molar-refractivity contribution is 5.27. The molecule has 0 saturated carbocycles. The lowest BCUT2D eigenvalue weighted by atomic mass is 9.99. The molecule has 118 valence electrons. The third kappa shape index (κ3) is 5.33. The fraction of sp³-hybridized carbons (Fsp3) is 0.667. The molecule has 0 radical (unpaired) electrons. The monoisotopic (exact) mass is 290 g/mol. The van der Waals surface area contributed by atoms with Crippen molar-refractivity contribution in [3.63, 3.8) is 0 Å². The maximum Gasteiger partial charge on any atom is 0.119 e. The first-order valence-corrected chi connectivity index (χ1v) is 8.21. The highest BCUT2D eigenvalue weighted by Gasteiger charge is 2.25. The van der Waals surface area contributed by atoms with Crippen LogP contribution in [-0.4, -0.2) is 43.2 Å². The molecule has 3 heteroatoms. The van der Waals surface area contributed by atoms with Gasteiger partial charge in [0.15, 0.2) is 0 Å². The molecule has 3 nitrogen and oxygen atoms in total. The predicted molar refractivity (Wildman–Crippen MR) is 89.0 cm³/mol. The van der Waals surface area contributed by atoms with Crippen molar-refractivity contribution in [3.05, 3.63) is 29.8 Å². The van der Waals surface area contributed by atoms with Gasteiger partial charge in [-0.3, -0.25) is 4.90 Å². The number of ether oxygens (including phenoxy) is 1. The zero-order valence-electron chi connectivity index (χ0n) is 13.9. The minimum absolute atomic E-state index is 0.576. The van der Waals surface area contributed by atoms with Gasteiger partial charge in [0.2, 0.25) is 0 Å². The van der Waals surface area contributed by atoms with Gasteiger partial charge in [-0.15, -0.1) is 0 Å². The average molecular weight is 290 g/mol. The van der Waals surface area contributed by atoms with Gasteiger partial charge in [-0.05, 0) is 43.9 Å². The summed E-state index contributed by atoms with van der Waals surface area (Å²) in [5.74, 6) is 1.73. The quantitative estimate of drug-likeness (QED) is 0.871. The molecule has 0 bridgehead atoms. The van der Waals surface area contributed by atoms with Gasteiger partial charge in [0.1, 0.15) is 12.4 Å². The molecule has 2 atom stereocenters. The van der Waals surface area contributed by atoms with Gasteiger partial charge in [-0.2, -0.15) is 0 Å². The van der Waals surface area contributed by atoms with Crippen molar-refractivity contribution in [2.75, 3.05) is 26.2 Å². The predicted octanol–water partition coefficient (Wildman–Crippen LogP) is 3.08. The Bertz CT molecular complexity index is 433. The summed E-state index contributed by atoms with van der Waals surface area (Å²) in [7, 11) is 0. The van der Waals surface area contributed by atoms with Crippen molar-refractivity contribution in [1.82, 2.24) is 10.2 Å². The van der Waals surface area contributed by atoms with Crippen LogP contribution in [0.1, 0.15) is 32.8 Å². The zero-order chi connectivity index (χ0) is 15.2. The van der Waals surface area contributed by atoms with Crippen LogP contribution in [0, 0.1) is 12.8 Å². The number of piperazine rings is 1. The molecule has 1 fully saturated rings. The molecule has 0 spiro atoms. The second-order valence-electron chi connectivity index (χ2n) is 6.75. The summed E-state index contributed by atoms with van der Waals surface area (Å²) >= 11 is 0. The van der Waals surface area contributed by atoms with E-state index in [1.165, 1.54) is 12.0 Å². The maximum absolute atomic E-state index is 5.92. The lowest BCUT2D eigenvalue weighted by Gasteiger charge is -2.40. The van der Waals surface area contributed by atoms with Crippen molar-refractivity contribution in [2.45, 2.75) is 46.2 Å². The molecule has 1 N–H and O–H groups in total. The van der Waals surface area contributed by atoms with Crippen molar-refractivity contribution in [1.29, 1.82) is 0 Å². The highest BCUT2D eigenvalue weighted by Crippen LogP contribution is 2.16. The molecule has 21 heavy (non-hydrogen) atoms. The molecule has 1 aromatic carbocycles. The topological polar surface area (TPSA) is 24.5 Å². The third-order valence-corrected chi connectivity index (χ3v) is 4.11. The van der Waals surface area contributed by atoms with Crippen molar-refractivity contribution in [2.24, 2.45) is 5.92 Å². The normalized spacial score (nSPS) is 23.5.